The maximum atomic E-state index is 12.9. The number of nitrogens with zero attached hydrogens (tertiary/aromatic N) is 5. The maximum Gasteiger partial charge on any atom is 0.236 e. The fraction of sp³-hybridized carbons (Fsp3) is 0.526. The number of hydrogen-bond acceptors (Lipinski definition) is 6. The van der Waals surface area contributed by atoms with Gasteiger partial charge in [-0.1, -0.05) is 28.2 Å². The second-order valence-electron chi connectivity index (χ2n) is 7.43. The Morgan fingerprint density at radius 3 is 2.52 bits per heavy atom. The molecule has 1 aromatic heterocycles. The van der Waals surface area contributed by atoms with Crippen LogP contribution in [-0.2, 0) is 4.79 Å². The van der Waals surface area contributed by atoms with Crippen LogP contribution in [0.25, 0.3) is 0 Å². The van der Waals surface area contributed by atoms with Gasteiger partial charge in [0.05, 0.1) is 12.2 Å². The topological polar surface area (TPSA) is 52.6 Å². The Labute approximate surface area is 169 Å². The number of carbonyl (C=O) groups excluding carboxylic acids is 1. The fourth-order valence-corrected chi connectivity index (χ4v) is 4.11. The highest BCUT2D eigenvalue weighted by Gasteiger charge is 2.38. The molecule has 2 aromatic rings. The molecule has 6 nitrogen and oxygen atoms in total. The lowest BCUT2D eigenvalue weighted by Gasteiger charge is -2.22. The predicted octanol–water partition coefficient (Wildman–Crippen LogP) is 2.39. The Kier molecular flexibility index (Phi) is 6.81. The average molecular weight is 408 g/mol. The zero-order chi connectivity index (χ0) is 19.4. The number of aromatic nitrogens is 2. The number of halogens is 1. The summed E-state index contributed by atoms with van der Waals surface area (Å²) in [5.74, 6) is 0.545. The average Bonchev–Trinajstić information content (AvgIpc) is 3.30. The molecular weight excluding hydrogens is 382 g/mol. The van der Waals surface area contributed by atoms with E-state index in [0.29, 0.717) is 19.6 Å². The van der Waals surface area contributed by atoms with Crippen LogP contribution >= 0.6 is 23.1 Å². The van der Waals surface area contributed by atoms with Gasteiger partial charge in [-0.3, -0.25) is 9.69 Å². The number of benzene rings is 1. The van der Waals surface area contributed by atoms with E-state index in [2.05, 4.69) is 31.5 Å². The summed E-state index contributed by atoms with van der Waals surface area (Å²) in [4.78, 5) is 19.0. The summed E-state index contributed by atoms with van der Waals surface area (Å²) in [6, 6.07) is 7.92. The SMILES string of the molecule is CN(C)CCN(C)CC(=O)N1C[C@H](c2ccc(Cl)cc2)[C@@H](c2csnn2)C1. The van der Waals surface area contributed by atoms with E-state index in [0.717, 1.165) is 23.8 Å². The minimum Gasteiger partial charge on any atom is -0.340 e. The molecule has 0 saturated carbocycles. The Bertz CT molecular complexity index is 737. The summed E-state index contributed by atoms with van der Waals surface area (Å²) >= 11 is 7.41. The highest BCUT2D eigenvalue weighted by atomic mass is 35.5. The van der Waals surface area contributed by atoms with Crippen molar-refractivity contribution in [2.75, 3.05) is 53.9 Å². The van der Waals surface area contributed by atoms with Gasteiger partial charge in [-0.2, -0.15) is 0 Å². The molecule has 0 N–H and O–H groups in total. The molecule has 0 spiro atoms. The molecule has 0 bridgehead atoms. The third kappa shape index (κ3) is 5.25. The molecule has 1 saturated heterocycles. The molecular formula is C19H26ClN5OS. The van der Waals surface area contributed by atoms with Gasteiger partial charge in [0.2, 0.25) is 5.91 Å². The fourth-order valence-electron chi connectivity index (χ4n) is 3.47. The third-order valence-electron chi connectivity index (χ3n) is 5.06. The van der Waals surface area contributed by atoms with E-state index < -0.39 is 0 Å². The summed E-state index contributed by atoms with van der Waals surface area (Å²) in [5, 5.41) is 7.00. The van der Waals surface area contributed by atoms with Gasteiger partial charge in [0, 0.05) is 48.4 Å². The van der Waals surface area contributed by atoms with Crippen molar-refractivity contribution in [1.82, 2.24) is 24.3 Å². The van der Waals surface area contributed by atoms with Gasteiger partial charge >= 0.3 is 0 Å². The molecule has 146 valence electrons. The molecule has 27 heavy (non-hydrogen) atoms. The van der Waals surface area contributed by atoms with E-state index in [9.17, 15) is 4.79 Å². The Balaban J connectivity index is 1.71. The Morgan fingerprint density at radius 2 is 1.89 bits per heavy atom. The molecule has 2 heterocycles. The smallest absolute Gasteiger partial charge is 0.236 e. The quantitative estimate of drug-likeness (QED) is 0.705. The van der Waals surface area contributed by atoms with Gasteiger partial charge in [-0.05, 0) is 50.4 Å². The predicted molar refractivity (Wildman–Crippen MR) is 109 cm³/mol. The molecule has 0 aliphatic carbocycles. The molecule has 1 aliphatic heterocycles. The van der Waals surface area contributed by atoms with Gasteiger partial charge in [-0.15, -0.1) is 5.10 Å². The second-order valence-corrected chi connectivity index (χ2v) is 8.48. The van der Waals surface area contributed by atoms with Crippen molar-refractivity contribution in [3.05, 3.63) is 45.9 Å². The first-order valence-electron chi connectivity index (χ1n) is 9.07. The molecule has 2 atom stereocenters. The lowest BCUT2D eigenvalue weighted by atomic mass is 9.87. The zero-order valence-electron chi connectivity index (χ0n) is 16.0. The molecule has 0 radical (unpaired) electrons. The van der Waals surface area contributed by atoms with E-state index in [1.54, 1.807) is 0 Å². The van der Waals surface area contributed by atoms with Crippen LogP contribution in [0, 0.1) is 0 Å². The minimum atomic E-state index is 0.168. The van der Waals surface area contributed by atoms with Crippen LogP contribution in [0.4, 0.5) is 0 Å². The Morgan fingerprint density at radius 1 is 1.19 bits per heavy atom. The normalized spacial score (nSPS) is 20.0. The summed E-state index contributed by atoms with van der Waals surface area (Å²) < 4.78 is 4.02. The lowest BCUT2D eigenvalue weighted by molar-refractivity contribution is -0.131. The van der Waals surface area contributed by atoms with Crippen LogP contribution in [0.1, 0.15) is 23.1 Å². The summed E-state index contributed by atoms with van der Waals surface area (Å²) in [7, 11) is 6.08. The van der Waals surface area contributed by atoms with E-state index in [-0.39, 0.29) is 17.7 Å². The Hall–Kier alpha value is -1.54. The second kappa shape index (κ2) is 9.10. The monoisotopic (exact) mass is 407 g/mol. The van der Waals surface area contributed by atoms with Gasteiger partial charge < -0.3 is 9.80 Å². The van der Waals surface area contributed by atoms with Crippen molar-refractivity contribution in [2.45, 2.75) is 11.8 Å². The van der Waals surface area contributed by atoms with E-state index in [1.807, 2.05) is 43.6 Å². The number of carbonyl (C=O) groups is 1. The van der Waals surface area contributed by atoms with Crippen molar-refractivity contribution in [2.24, 2.45) is 0 Å². The summed E-state index contributed by atoms with van der Waals surface area (Å²) in [6.07, 6.45) is 0. The van der Waals surface area contributed by atoms with Gasteiger partial charge in [0.25, 0.3) is 0 Å². The van der Waals surface area contributed by atoms with Crippen LogP contribution in [0.3, 0.4) is 0 Å². The molecule has 1 fully saturated rings. The lowest BCUT2D eigenvalue weighted by Crippen LogP contribution is -2.39. The number of likely N-dealkylation sites (N-methyl/N-ethyl adjacent to an activating group) is 2. The van der Waals surface area contributed by atoms with Crippen molar-refractivity contribution >= 4 is 29.0 Å². The first-order valence-corrected chi connectivity index (χ1v) is 10.3. The van der Waals surface area contributed by atoms with Gasteiger partial charge in [-0.25, -0.2) is 0 Å². The minimum absolute atomic E-state index is 0.168. The van der Waals surface area contributed by atoms with Gasteiger partial charge in [0.15, 0.2) is 0 Å². The molecule has 0 unspecified atom stereocenters. The van der Waals surface area contributed by atoms with E-state index >= 15 is 0 Å². The van der Waals surface area contributed by atoms with E-state index in [4.69, 9.17) is 11.6 Å². The van der Waals surface area contributed by atoms with Crippen LogP contribution in [0.2, 0.25) is 5.02 Å². The van der Waals surface area contributed by atoms with Crippen molar-refractivity contribution in [1.29, 1.82) is 0 Å². The van der Waals surface area contributed by atoms with Crippen LogP contribution in [-0.4, -0.2) is 84.1 Å². The number of amides is 1. The molecule has 3 rings (SSSR count). The number of likely N-dealkylation sites (tertiary alicyclic amines) is 1. The van der Waals surface area contributed by atoms with Gasteiger partial charge in [0.1, 0.15) is 0 Å². The van der Waals surface area contributed by atoms with Crippen molar-refractivity contribution < 1.29 is 4.79 Å². The van der Waals surface area contributed by atoms with Crippen molar-refractivity contribution in [3.8, 4) is 0 Å². The third-order valence-corrected chi connectivity index (χ3v) is 5.84. The van der Waals surface area contributed by atoms with Crippen molar-refractivity contribution in [3.63, 3.8) is 0 Å². The standard InChI is InChI=1S/C19H26ClN5OS/c1-23(2)8-9-24(3)12-19(26)25-10-16(14-4-6-15(20)7-5-14)17(11-25)18-13-27-22-21-18/h4-7,13,16-17H,8-12H2,1-3H3/t16-,17+/m1/s1. The van der Waals surface area contributed by atoms with E-state index in [1.165, 1.54) is 17.1 Å². The van der Waals surface area contributed by atoms with Crippen LogP contribution in [0.5, 0.6) is 0 Å². The first-order chi connectivity index (χ1) is 12.9. The highest BCUT2D eigenvalue weighted by Crippen LogP contribution is 2.39. The summed E-state index contributed by atoms with van der Waals surface area (Å²) in [6.45, 7) is 3.61. The maximum absolute atomic E-state index is 12.9. The number of hydrogen-bond donors (Lipinski definition) is 0. The highest BCUT2D eigenvalue weighted by molar-refractivity contribution is 7.03. The molecule has 1 amide bonds. The summed E-state index contributed by atoms with van der Waals surface area (Å²) in [5.41, 5.74) is 2.16. The zero-order valence-corrected chi connectivity index (χ0v) is 17.6. The first kappa shape index (κ1) is 20.2. The van der Waals surface area contributed by atoms with Crippen LogP contribution < -0.4 is 0 Å². The largest absolute Gasteiger partial charge is 0.340 e. The molecule has 1 aromatic carbocycles. The van der Waals surface area contributed by atoms with Crippen LogP contribution in [0.15, 0.2) is 29.6 Å². The molecule has 8 heteroatoms. The molecule has 1 aliphatic rings. The number of rotatable bonds is 7.